The largest absolute Gasteiger partial charge is 0.367 e. The monoisotopic (exact) mass is 221 g/mol. The lowest BCUT2D eigenvalue weighted by Gasteiger charge is -2.27. The van der Waals surface area contributed by atoms with Gasteiger partial charge in [-0.3, -0.25) is 0 Å². The van der Waals surface area contributed by atoms with E-state index in [1.54, 1.807) is 0 Å². The van der Waals surface area contributed by atoms with Crippen molar-refractivity contribution in [3.05, 3.63) is 24.0 Å². The van der Waals surface area contributed by atoms with E-state index in [1.807, 2.05) is 6.20 Å². The highest BCUT2D eigenvalue weighted by Gasteiger charge is 2.14. The third-order valence-corrected chi connectivity index (χ3v) is 3.41. The molecule has 0 spiro atoms. The fraction of sp³-hybridized carbons (Fsp3) is 0.692. The van der Waals surface area contributed by atoms with E-state index in [0.717, 1.165) is 18.9 Å². The summed E-state index contributed by atoms with van der Waals surface area (Å²) in [6.07, 6.45) is 7.98. The summed E-state index contributed by atoms with van der Waals surface area (Å²) in [4.78, 5) is 5.57. The molecule has 1 fully saturated rings. The quantitative estimate of drug-likeness (QED) is 0.789. The number of H-pyrrole nitrogens is 1. The fourth-order valence-corrected chi connectivity index (χ4v) is 2.45. The van der Waals surface area contributed by atoms with E-state index >= 15 is 0 Å². The molecule has 0 aromatic carbocycles. The van der Waals surface area contributed by atoms with Crippen molar-refractivity contribution < 1.29 is 0 Å². The van der Waals surface area contributed by atoms with Crippen molar-refractivity contribution in [2.24, 2.45) is 5.92 Å². The topological polar surface area (TPSA) is 31.1 Å². The van der Waals surface area contributed by atoms with Gasteiger partial charge in [-0.25, -0.2) is 0 Å². The van der Waals surface area contributed by atoms with Crippen molar-refractivity contribution >= 4 is 0 Å². The predicted molar refractivity (Wildman–Crippen MR) is 67.6 cm³/mol. The molecule has 0 saturated carbocycles. The molecule has 0 aliphatic carbocycles. The average Bonchev–Trinajstić information content (AvgIpc) is 2.81. The molecule has 1 aromatic rings. The van der Waals surface area contributed by atoms with Crippen LogP contribution >= 0.6 is 0 Å². The number of hydrogen-bond donors (Lipinski definition) is 2. The van der Waals surface area contributed by atoms with Gasteiger partial charge in [-0.2, -0.15) is 0 Å². The maximum absolute atomic E-state index is 3.48. The van der Waals surface area contributed by atoms with Crippen LogP contribution in [-0.2, 0) is 6.42 Å². The first kappa shape index (κ1) is 11.7. The van der Waals surface area contributed by atoms with Crippen LogP contribution in [0.3, 0.4) is 0 Å². The van der Waals surface area contributed by atoms with Gasteiger partial charge in [-0.05, 0) is 56.9 Å². The molecule has 1 atom stereocenters. The fourth-order valence-electron chi connectivity index (χ4n) is 2.45. The molecule has 0 bridgehead atoms. The van der Waals surface area contributed by atoms with Crippen LogP contribution in [0.4, 0.5) is 0 Å². The third kappa shape index (κ3) is 3.65. The van der Waals surface area contributed by atoms with E-state index in [0.29, 0.717) is 0 Å². The maximum Gasteiger partial charge on any atom is 0.00378 e. The van der Waals surface area contributed by atoms with Gasteiger partial charge in [0.2, 0.25) is 0 Å². The Morgan fingerprint density at radius 3 is 3.12 bits per heavy atom. The van der Waals surface area contributed by atoms with Crippen molar-refractivity contribution in [1.82, 2.24) is 15.2 Å². The van der Waals surface area contributed by atoms with Gasteiger partial charge in [-0.1, -0.05) is 0 Å². The van der Waals surface area contributed by atoms with Crippen LogP contribution in [0.15, 0.2) is 18.5 Å². The van der Waals surface area contributed by atoms with E-state index in [1.165, 1.54) is 38.0 Å². The van der Waals surface area contributed by atoms with Crippen molar-refractivity contribution in [3.8, 4) is 0 Å². The van der Waals surface area contributed by atoms with Crippen LogP contribution in [0.1, 0.15) is 18.4 Å². The molecule has 1 saturated heterocycles. The number of likely N-dealkylation sites (N-methyl/N-ethyl adjacent to an activating group) is 1. The van der Waals surface area contributed by atoms with Crippen LogP contribution in [0.25, 0.3) is 0 Å². The van der Waals surface area contributed by atoms with Crippen LogP contribution in [0.2, 0.25) is 0 Å². The Labute approximate surface area is 98.2 Å². The van der Waals surface area contributed by atoms with Crippen LogP contribution < -0.4 is 5.32 Å². The molecule has 1 aliphatic rings. The number of nitrogens with one attached hydrogen (secondary N) is 2. The minimum Gasteiger partial charge on any atom is -0.367 e. The molecule has 0 amide bonds. The normalized spacial score (nSPS) is 21.5. The second-order valence-electron chi connectivity index (χ2n) is 4.94. The molecule has 1 aromatic heterocycles. The highest BCUT2D eigenvalue weighted by Crippen LogP contribution is 2.11. The minimum absolute atomic E-state index is 0.852. The smallest absolute Gasteiger partial charge is 0.00378 e. The molecule has 90 valence electrons. The second-order valence-corrected chi connectivity index (χ2v) is 4.94. The summed E-state index contributed by atoms with van der Waals surface area (Å²) in [5.41, 5.74) is 1.41. The zero-order valence-electron chi connectivity index (χ0n) is 10.2. The minimum atomic E-state index is 0.852. The molecule has 2 N–H and O–H groups in total. The Morgan fingerprint density at radius 1 is 1.50 bits per heavy atom. The zero-order valence-corrected chi connectivity index (χ0v) is 10.2. The zero-order chi connectivity index (χ0) is 11.2. The Bertz CT molecular complexity index is 275. The van der Waals surface area contributed by atoms with Gasteiger partial charge >= 0.3 is 0 Å². The van der Waals surface area contributed by atoms with Crippen molar-refractivity contribution in [1.29, 1.82) is 0 Å². The number of hydrogen-bond acceptors (Lipinski definition) is 2. The van der Waals surface area contributed by atoms with Gasteiger partial charge in [0.15, 0.2) is 0 Å². The molecular weight excluding hydrogens is 198 g/mol. The summed E-state index contributed by atoms with van der Waals surface area (Å²) < 4.78 is 0. The van der Waals surface area contributed by atoms with E-state index in [9.17, 15) is 0 Å². The first-order valence-corrected chi connectivity index (χ1v) is 6.35. The van der Waals surface area contributed by atoms with Crippen LogP contribution in [-0.4, -0.2) is 43.1 Å². The van der Waals surface area contributed by atoms with Crippen LogP contribution in [0, 0.1) is 5.92 Å². The average molecular weight is 221 g/mol. The Balaban J connectivity index is 1.65. The molecule has 3 heteroatoms. The van der Waals surface area contributed by atoms with E-state index in [4.69, 9.17) is 0 Å². The van der Waals surface area contributed by atoms with E-state index in [-0.39, 0.29) is 0 Å². The van der Waals surface area contributed by atoms with Gasteiger partial charge < -0.3 is 15.2 Å². The summed E-state index contributed by atoms with van der Waals surface area (Å²) in [5, 5.41) is 3.48. The van der Waals surface area contributed by atoms with Gasteiger partial charge in [0.05, 0.1) is 0 Å². The van der Waals surface area contributed by atoms with Crippen molar-refractivity contribution in [2.75, 3.05) is 33.2 Å². The van der Waals surface area contributed by atoms with Crippen molar-refractivity contribution in [2.45, 2.75) is 19.3 Å². The Morgan fingerprint density at radius 2 is 2.44 bits per heavy atom. The first-order chi connectivity index (χ1) is 7.84. The van der Waals surface area contributed by atoms with Gasteiger partial charge in [0, 0.05) is 25.5 Å². The first-order valence-electron chi connectivity index (χ1n) is 6.35. The molecule has 0 radical (unpaired) electrons. The summed E-state index contributed by atoms with van der Waals surface area (Å²) >= 11 is 0. The van der Waals surface area contributed by atoms with Gasteiger partial charge in [0.25, 0.3) is 0 Å². The molecular formula is C13H23N3. The summed E-state index contributed by atoms with van der Waals surface area (Å²) in [5.74, 6) is 0.852. The highest BCUT2D eigenvalue weighted by atomic mass is 15.1. The number of aromatic amines is 1. The van der Waals surface area contributed by atoms with Gasteiger partial charge in [0.1, 0.15) is 0 Å². The summed E-state index contributed by atoms with van der Waals surface area (Å²) in [6.45, 7) is 4.81. The second kappa shape index (κ2) is 6.06. The number of nitrogens with zero attached hydrogens (tertiary/aromatic N) is 1. The predicted octanol–water partition coefficient (Wildman–Crippen LogP) is 1.49. The SMILES string of the molecule is CN(CCc1cc[nH]c1)CC1CCCNC1. The maximum atomic E-state index is 3.48. The lowest BCUT2D eigenvalue weighted by atomic mass is 9.99. The number of aromatic nitrogens is 1. The molecule has 2 rings (SSSR count). The van der Waals surface area contributed by atoms with Crippen LogP contribution in [0.5, 0.6) is 0 Å². The molecule has 1 aliphatic heterocycles. The highest BCUT2D eigenvalue weighted by molar-refractivity contribution is 5.08. The number of rotatable bonds is 5. The molecule has 2 heterocycles. The Hall–Kier alpha value is -0.800. The Kier molecular flexibility index (Phi) is 4.43. The molecule has 1 unspecified atom stereocenters. The molecule has 3 nitrogen and oxygen atoms in total. The standard InChI is InChI=1S/C13H23N3/c1-16(8-5-12-4-7-15-9-12)11-13-3-2-6-14-10-13/h4,7,9,13-15H,2-3,5-6,8,10-11H2,1H3. The summed E-state index contributed by atoms with van der Waals surface area (Å²) in [6, 6.07) is 2.16. The summed E-state index contributed by atoms with van der Waals surface area (Å²) in [7, 11) is 2.24. The lowest BCUT2D eigenvalue weighted by molar-refractivity contribution is 0.245. The van der Waals surface area contributed by atoms with E-state index < -0.39 is 0 Å². The number of piperidine rings is 1. The third-order valence-electron chi connectivity index (χ3n) is 3.41. The van der Waals surface area contributed by atoms with E-state index in [2.05, 4.69) is 34.5 Å². The van der Waals surface area contributed by atoms with Gasteiger partial charge in [-0.15, -0.1) is 0 Å². The lowest BCUT2D eigenvalue weighted by Crippen LogP contribution is -2.37. The van der Waals surface area contributed by atoms with Crippen molar-refractivity contribution in [3.63, 3.8) is 0 Å². The molecule has 16 heavy (non-hydrogen) atoms.